The molecule has 2 unspecified atom stereocenters. The Labute approximate surface area is 135 Å². The van der Waals surface area contributed by atoms with Crippen LogP contribution < -0.4 is 10.6 Å². The van der Waals surface area contributed by atoms with Crippen LogP contribution in [0.1, 0.15) is 59.3 Å². The highest BCUT2D eigenvalue weighted by Gasteiger charge is 2.30. The molecule has 2 fully saturated rings. The lowest BCUT2D eigenvalue weighted by Crippen LogP contribution is -2.51. The third kappa shape index (κ3) is 5.76. The van der Waals surface area contributed by atoms with Gasteiger partial charge < -0.3 is 20.3 Å². The molecule has 0 aromatic heterocycles. The first-order chi connectivity index (χ1) is 10.5. The van der Waals surface area contributed by atoms with Crippen molar-refractivity contribution in [2.75, 3.05) is 26.2 Å². The van der Waals surface area contributed by atoms with Crippen LogP contribution >= 0.6 is 0 Å². The van der Waals surface area contributed by atoms with Crippen molar-refractivity contribution in [1.29, 1.82) is 0 Å². The van der Waals surface area contributed by atoms with Crippen LogP contribution in [0.4, 0.5) is 4.79 Å². The van der Waals surface area contributed by atoms with Gasteiger partial charge in [0.2, 0.25) is 0 Å². The standard InChI is InChI=1S/C17H33N3O2/c1-17(2,3)22-16(21)20-11-7-5-9-15(20)13-18-12-14-8-4-6-10-19-14/h14-15,18-19H,4-13H2,1-3H3. The van der Waals surface area contributed by atoms with E-state index in [9.17, 15) is 4.79 Å². The Balaban J connectivity index is 1.77. The Morgan fingerprint density at radius 1 is 1.18 bits per heavy atom. The van der Waals surface area contributed by atoms with E-state index >= 15 is 0 Å². The van der Waals surface area contributed by atoms with Gasteiger partial charge in [0.15, 0.2) is 0 Å². The molecule has 2 saturated heterocycles. The number of likely N-dealkylation sites (tertiary alicyclic amines) is 1. The summed E-state index contributed by atoms with van der Waals surface area (Å²) >= 11 is 0. The van der Waals surface area contributed by atoms with Crippen LogP contribution in [0.2, 0.25) is 0 Å². The van der Waals surface area contributed by atoms with Gasteiger partial charge in [-0.3, -0.25) is 0 Å². The maximum atomic E-state index is 12.4. The van der Waals surface area contributed by atoms with Crippen LogP contribution in [0.15, 0.2) is 0 Å². The molecule has 2 heterocycles. The van der Waals surface area contributed by atoms with Crippen LogP contribution in [-0.4, -0.2) is 54.9 Å². The van der Waals surface area contributed by atoms with Gasteiger partial charge in [0, 0.05) is 31.7 Å². The van der Waals surface area contributed by atoms with Crippen molar-refractivity contribution in [1.82, 2.24) is 15.5 Å². The number of hydrogen-bond donors (Lipinski definition) is 2. The minimum Gasteiger partial charge on any atom is -0.444 e. The SMILES string of the molecule is CC(C)(C)OC(=O)N1CCCCC1CNCC1CCCCN1. The molecule has 0 aromatic rings. The molecular weight excluding hydrogens is 278 g/mol. The number of amides is 1. The fourth-order valence-corrected chi connectivity index (χ4v) is 3.30. The van der Waals surface area contributed by atoms with Gasteiger partial charge in [0.1, 0.15) is 5.60 Å². The second-order valence-electron chi connectivity index (χ2n) is 7.63. The number of carbonyl (C=O) groups is 1. The summed E-state index contributed by atoms with van der Waals surface area (Å²) in [6.07, 6.45) is 7.08. The Bertz CT molecular complexity index is 348. The zero-order valence-corrected chi connectivity index (χ0v) is 14.5. The topological polar surface area (TPSA) is 53.6 Å². The van der Waals surface area contributed by atoms with Gasteiger partial charge in [-0.25, -0.2) is 4.79 Å². The summed E-state index contributed by atoms with van der Waals surface area (Å²) in [6.45, 7) is 9.61. The quantitative estimate of drug-likeness (QED) is 0.837. The average molecular weight is 311 g/mol. The zero-order chi connectivity index (χ0) is 16.0. The predicted molar refractivity (Wildman–Crippen MR) is 89.1 cm³/mol. The highest BCUT2D eigenvalue weighted by Crippen LogP contribution is 2.20. The minimum absolute atomic E-state index is 0.158. The normalized spacial score (nSPS) is 26.8. The molecule has 0 bridgehead atoms. The highest BCUT2D eigenvalue weighted by atomic mass is 16.6. The first-order valence-corrected chi connectivity index (χ1v) is 8.89. The summed E-state index contributed by atoms with van der Waals surface area (Å²) in [6, 6.07) is 0.861. The molecule has 1 amide bonds. The lowest BCUT2D eigenvalue weighted by molar-refractivity contribution is 0.00992. The summed E-state index contributed by atoms with van der Waals surface area (Å²) in [5.41, 5.74) is -0.418. The molecule has 5 heteroatoms. The van der Waals surface area contributed by atoms with Crippen molar-refractivity contribution in [2.45, 2.75) is 77.0 Å². The third-order valence-electron chi connectivity index (χ3n) is 4.44. The number of carbonyl (C=O) groups excluding carboxylic acids is 1. The van der Waals surface area contributed by atoms with E-state index in [0.717, 1.165) is 39.0 Å². The van der Waals surface area contributed by atoms with Crippen molar-refractivity contribution >= 4 is 6.09 Å². The van der Waals surface area contributed by atoms with Gasteiger partial charge in [-0.15, -0.1) is 0 Å². The van der Waals surface area contributed by atoms with E-state index in [1.165, 1.54) is 25.7 Å². The molecule has 2 N–H and O–H groups in total. The Morgan fingerprint density at radius 3 is 2.64 bits per heavy atom. The molecular formula is C17H33N3O2. The van der Waals surface area contributed by atoms with Crippen LogP contribution in [0.5, 0.6) is 0 Å². The van der Waals surface area contributed by atoms with Crippen molar-refractivity contribution in [3.8, 4) is 0 Å². The minimum atomic E-state index is -0.418. The van der Waals surface area contributed by atoms with Crippen molar-refractivity contribution in [3.05, 3.63) is 0 Å². The Kier molecular flexibility index (Phi) is 6.50. The number of nitrogens with zero attached hydrogens (tertiary/aromatic N) is 1. The molecule has 2 atom stereocenters. The second-order valence-corrected chi connectivity index (χ2v) is 7.63. The van der Waals surface area contributed by atoms with Gasteiger partial charge >= 0.3 is 6.09 Å². The van der Waals surface area contributed by atoms with Gasteiger partial charge in [-0.05, 0) is 59.4 Å². The Hall–Kier alpha value is -0.810. The summed E-state index contributed by atoms with van der Waals surface area (Å²) in [4.78, 5) is 14.3. The average Bonchev–Trinajstić information content (AvgIpc) is 2.47. The largest absolute Gasteiger partial charge is 0.444 e. The second kappa shape index (κ2) is 8.16. The van der Waals surface area contributed by atoms with Gasteiger partial charge in [-0.1, -0.05) is 6.42 Å². The molecule has 128 valence electrons. The van der Waals surface area contributed by atoms with E-state index in [-0.39, 0.29) is 12.1 Å². The van der Waals surface area contributed by atoms with E-state index < -0.39 is 5.60 Å². The van der Waals surface area contributed by atoms with E-state index in [0.29, 0.717) is 6.04 Å². The monoisotopic (exact) mass is 311 g/mol. The van der Waals surface area contributed by atoms with E-state index in [1.54, 1.807) is 0 Å². The van der Waals surface area contributed by atoms with Crippen molar-refractivity contribution < 1.29 is 9.53 Å². The van der Waals surface area contributed by atoms with E-state index in [4.69, 9.17) is 4.74 Å². The molecule has 0 saturated carbocycles. The van der Waals surface area contributed by atoms with Crippen LogP contribution in [0, 0.1) is 0 Å². The maximum Gasteiger partial charge on any atom is 0.410 e. The highest BCUT2D eigenvalue weighted by molar-refractivity contribution is 5.68. The van der Waals surface area contributed by atoms with Crippen molar-refractivity contribution in [2.24, 2.45) is 0 Å². The molecule has 2 rings (SSSR count). The van der Waals surface area contributed by atoms with E-state index in [1.807, 2.05) is 25.7 Å². The number of nitrogens with one attached hydrogen (secondary N) is 2. The molecule has 2 aliphatic rings. The smallest absolute Gasteiger partial charge is 0.410 e. The maximum absolute atomic E-state index is 12.4. The summed E-state index contributed by atoms with van der Waals surface area (Å²) in [5, 5.41) is 7.11. The number of hydrogen-bond acceptors (Lipinski definition) is 4. The third-order valence-corrected chi connectivity index (χ3v) is 4.44. The first kappa shape index (κ1) is 17.5. The first-order valence-electron chi connectivity index (χ1n) is 8.89. The zero-order valence-electron chi connectivity index (χ0n) is 14.5. The molecule has 0 spiro atoms. The van der Waals surface area contributed by atoms with Gasteiger partial charge in [0.25, 0.3) is 0 Å². The molecule has 0 aromatic carbocycles. The molecule has 0 aliphatic carbocycles. The van der Waals surface area contributed by atoms with Crippen LogP contribution in [-0.2, 0) is 4.74 Å². The Morgan fingerprint density at radius 2 is 1.95 bits per heavy atom. The molecule has 5 nitrogen and oxygen atoms in total. The molecule has 0 radical (unpaired) electrons. The molecule has 2 aliphatic heterocycles. The molecule has 22 heavy (non-hydrogen) atoms. The van der Waals surface area contributed by atoms with Crippen LogP contribution in [0.3, 0.4) is 0 Å². The summed E-state index contributed by atoms with van der Waals surface area (Å²) < 4.78 is 5.55. The number of rotatable bonds is 4. The fraction of sp³-hybridized carbons (Fsp3) is 0.941. The van der Waals surface area contributed by atoms with E-state index in [2.05, 4.69) is 10.6 Å². The predicted octanol–water partition coefficient (Wildman–Crippen LogP) is 2.51. The summed E-state index contributed by atoms with van der Waals surface area (Å²) in [5.74, 6) is 0. The number of ether oxygens (including phenoxy) is 1. The lowest BCUT2D eigenvalue weighted by atomic mass is 10.0. The van der Waals surface area contributed by atoms with Gasteiger partial charge in [-0.2, -0.15) is 0 Å². The lowest BCUT2D eigenvalue weighted by Gasteiger charge is -2.37. The van der Waals surface area contributed by atoms with Gasteiger partial charge in [0.05, 0.1) is 0 Å². The number of piperidine rings is 2. The van der Waals surface area contributed by atoms with Crippen molar-refractivity contribution in [3.63, 3.8) is 0 Å². The summed E-state index contributed by atoms with van der Waals surface area (Å²) in [7, 11) is 0. The van der Waals surface area contributed by atoms with Crippen LogP contribution in [0.25, 0.3) is 0 Å². The fourth-order valence-electron chi connectivity index (χ4n) is 3.30.